The van der Waals surface area contributed by atoms with E-state index in [0.717, 1.165) is 18.2 Å². The lowest BCUT2D eigenvalue weighted by Crippen LogP contribution is -2.22. The highest BCUT2D eigenvalue weighted by atomic mass is 16.5. The van der Waals surface area contributed by atoms with Crippen molar-refractivity contribution >= 4 is 22.9 Å². The van der Waals surface area contributed by atoms with Crippen molar-refractivity contribution in [2.24, 2.45) is 17.8 Å². The Morgan fingerprint density at radius 1 is 0.912 bits per heavy atom. The van der Waals surface area contributed by atoms with E-state index in [0.29, 0.717) is 48.4 Å². The van der Waals surface area contributed by atoms with Crippen LogP contribution in [0.5, 0.6) is 11.5 Å². The maximum atomic E-state index is 12.4. The van der Waals surface area contributed by atoms with Gasteiger partial charge in [-0.1, -0.05) is 12.2 Å². The fourth-order valence-electron chi connectivity index (χ4n) is 4.54. The van der Waals surface area contributed by atoms with Gasteiger partial charge in [-0.2, -0.15) is 0 Å². The zero-order valence-electron chi connectivity index (χ0n) is 18.5. The van der Waals surface area contributed by atoms with Crippen molar-refractivity contribution in [2.45, 2.75) is 19.3 Å². The minimum Gasteiger partial charge on any atom is -0.493 e. The second-order valence-electron chi connectivity index (χ2n) is 8.62. The molecule has 2 aromatic carbocycles. The fourth-order valence-corrected chi connectivity index (χ4v) is 4.54. The second-order valence-corrected chi connectivity index (χ2v) is 8.62. The predicted octanol–water partition coefficient (Wildman–Crippen LogP) is 4.54. The molecule has 0 aliphatic heterocycles. The molecule has 2 aliphatic rings. The van der Waals surface area contributed by atoms with Crippen LogP contribution in [0.2, 0.25) is 0 Å². The Morgan fingerprint density at radius 2 is 1.71 bits per heavy atom. The summed E-state index contributed by atoms with van der Waals surface area (Å²) in [5, 5.41) is 0.735. The van der Waals surface area contributed by atoms with Crippen molar-refractivity contribution in [3.63, 3.8) is 0 Å². The number of ether oxygens (including phenoxy) is 3. The van der Waals surface area contributed by atoms with Gasteiger partial charge in [-0.25, -0.2) is 9.59 Å². The Kier molecular flexibility index (Phi) is 6.16. The van der Waals surface area contributed by atoms with E-state index in [1.807, 2.05) is 0 Å². The summed E-state index contributed by atoms with van der Waals surface area (Å²) in [4.78, 5) is 36.0. The van der Waals surface area contributed by atoms with Gasteiger partial charge in [-0.3, -0.25) is 4.79 Å². The summed E-state index contributed by atoms with van der Waals surface area (Å²) < 4.78 is 21.6. The van der Waals surface area contributed by atoms with Gasteiger partial charge in [0.25, 0.3) is 0 Å². The highest BCUT2D eigenvalue weighted by molar-refractivity contribution is 5.91. The molecule has 34 heavy (non-hydrogen) atoms. The van der Waals surface area contributed by atoms with E-state index >= 15 is 0 Å². The summed E-state index contributed by atoms with van der Waals surface area (Å²) in [5.74, 6) is 1.15. The van der Waals surface area contributed by atoms with Crippen LogP contribution in [0.3, 0.4) is 0 Å². The third-order valence-electron chi connectivity index (χ3n) is 6.28. The zero-order chi connectivity index (χ0) is 23.5. The van der Waals surface area contributed by atoms with E-state index in [2.05, 4.69) is 12.2 Å². The maximum absolute atomic E-state index is 12.4. The topological polar surface area (TPSA) is 92.0 Å². The highest BCUT2D eigenvalue weighted by Crippen LogP contribution is 2.43. The van der Waals surface area contributed by atoms with Gasteiger partial charge in [0.05, 0.1) is 24.7 Å². The Balaban J connectivity index is 1.06. The molecule has 174 valence electrons. The number of allylic oxidation sites excluding steroid dienone is 2. The fraction of sp³-hybridized carbons (Fsp3) is 0.296. The number of carbonyl (C=O) groups excluding carboxylic acids is 2. The summed E-state index contributed by atoms with van der Waals surface area (Å²) in [6.45, 7) is 0.725. The van der Waals surface area contributed by atoms with Crippen molar-refractivity contribution in [2.75, 3.05) is 13.2 Å². The van der Waals surface area contributed by atoms with Crippen molar-refractivity contribution < 1.29 is 28.2 Å². The van der Waals surface area contributed by atoms with E-state index in [-0.39, 0.29) is 17.6 Å². The Bertz CT molecular complexity index is 1290. The lowest BCUT2D eigenvalue weighted by atomic mass is 9.94. The average Bonchev–Trinajstić information content (AvgIpc) is 3.48. The van der Waals surface area contributed by atoms with E-state index < -0.39 is 11.6 Å². The molecule has 3 atom stereocenters. The first-order valence-corrected chi connectivity index (χ1v) is 11.4. The third-order valence-corrected chi connectivity index (χ3v) is 6.28. The van der Waals surface area contributed by atoms with Gasteiger partial charge in [0.2, 0.25) is 0 Å². The Labute approximate surface area is 195 Å². The van der Waals surface area contributed by atoms with Crippen LogP contribution in [0.1, 0.15) is 29.6 Å². The number of fused-ring (bicyclic) bond motifs is 3. The van der Waals surface area contributed by atoms with Crippen LogP contribution in [0.4, 0.5) is 0 Å². The molecule has 1 unspecified atom stereocenters. The molecule has 0 N–H and O–H groups in total. The molecule has 2 bridgehead atoms. The number of carbonyl (C=O) groups is 2. The number of esters is 2. The van der Waals surface area contributed by atoms with Crippen LogP contribution in [0.15, 0.2) is 76.0 Å². The quantitative estimate of drug-likeness (QED) is 0.160. The van der Waals surface area contributed by atoms with Crippen molar-refractivity contribution in [3.8, 4) is 11.5 Å². The molecule has 2 aliphatic carbocycles. The van der Waals surface area contributed by atoms with Crippen LogP contribution in [0, 0.1) is 17.8 Å². The molecule has 0 amide bonds. The largest absolute Gasteiger partial charge is 0.493 e. The maximum Gasteiger partial charge on any atom is 0.343 e. The zero-order valence-corrected chi connectivity index (χ0v) is 18.5. The van der Waals surface area contributed by atoms with E-state index in [1.165, 1.54) is 12.1 Å². The van der Waals surface area contributed by atoms with E-state index in [9.17, 15) is 14.4 Å². The summed E-state index contributed by atoms with van der Waals surface area (Å²) in [5.41, 5.74) is 0.234. The molecule has 1 heterocycles. The van der Waals surface area contributed by atoms with E-state index in [1.54, 1.807) is 42.5 Å². The van der Waals surface area contributed by atoms with Crippen molar-refractivity contribution in [1.29, 1.82) is 0 Å². The number of benzene rings is 2. The van der Waals surface area contributed by atoms with Gasteiger partial charge in [-0.15, -0.1) is 0 Å². The average molecular weight is 460 g/mol. The molecule has 1 aromatic heterocycles. The molecule has 0 saturated heterocycles. The summed E-state index contributed by atoms with van der Waals surface area (Å²) in [7, 11) is 0. The molecule has 1 saturated carbocycles. The monoisotopic (exact) mass is 460 g/mol. The SMILES string of the molecule is O=C(Oc1ccc2ccc(=O)oc2c1)c1ccc(OCCCOC(=O)C2C[C@H]3C=C[C@@H]2C3)cc1. The highest BCUT2D eigenvalue weighted by Gasteiger charge is 2.40. The first-order valence-electron chi connectivity index (χ1n) is 11.4. The van der Waals surface area contributed by atoms with Crippen LogP contribution in [0.25, 0.3) is 11.0 Å². The van der Waals surface area contributed by atoms with Crippen LogP contribution < -0.4 is 15.1 Å². The predicted molar refractivity (Wildman–Crippen MR) is 124 cm³/mol. The first kappa shape index (κ1) is 21.9. The van der Waals surface area contributed by atoms with Crippen LogP contribution >= 0.6 is 0 Å². The van der Waals surface area contributed by atoms with Gasteiger partial charge in [0, 0.05) is 23.9 Å². The molecule has 5 rings (SSSR count). The molecule has 7 nitrogen and oxygen atoms in total. The molecule has 7 heteroatoms. The normalized spacial score (nSPS) is 20.4. The molecule has 0 spiro atoms. The first-order chi connectivity index (χ1) is 16.5. The van der Waals surface area contributed by atoms with Gasteiger partial charge < -0.3 is 18.6 Å². The molecule has 3 aromatic rings. The lowest BCUT2D eigenvalue weighted by Gasteiger charge is -2.16. The van der Waals surface area contributed by atoms with Crippen LogP contribution in [-0.2, 0) is 9.53 Å². The van der Waals surface area contributed by atoms with Gasteiger partial charge >= 0.3 is 17.6 Å². The lowest BCUT2D eigenvalue weighted by molar-refractivity contribution is -0.149. The standard InChI is InChI=1S/C27H24O7/c28-25-11-7-18-4-10-22(16-24(18)34-25)33-26(29)19-5-8-21(9-6-19)31-12-1-13-32-27(30)23-15-17-2-3-20(23)14-17/h2-11,16-17,20,23H,1,12-15H2/t17-,20+,23?/m0/s1. The number of hydrogen-bond acceptors (Lipinski definition) is 7. The summed E-state index contributed by atoms with van der Waals surface area (Å²) in [6.07, 6.45) is 6.92. The van der Waals surface area contributed by atoms with Gasteiger partial charge in [-0.05, 0) is 67.1 Å². The minimum atomic E-state index is -0.536. The van der Waals surface area contributed by atoms with Crippen molar-refractivity contribution in [1.82, 2.24) is 0 Å². The summed E-state index contributed by atoms with van der Waals surface area (Å²) >= 11 is 0. The Hall–Kier alpha value is -3.87. The molecular weight excluding hydrogens is 436 g/mol. The summed E-state index contributed by atoms with van der Waals surface area (Å²) in [6, 6.07) is 14.4. The Morgan fingerprint density at radius 3 is 2.47 bits per heavy atom. The van der Waals surface area contributed by atoms with E-state index in [4.69, 9.17) is 18.6 Å². The number of hydrogen-bond donors (Lipinski definition) is 0. The second kappa shape index (κ2) is 9.55. The molecular formula is C27H24O7. The third kappa shape index (κ3) is 4.88. The molecule has 1 fully saturated rings. The van der Waals surface area contributed by atoms with Crippen LogP contribution in [-0.4, -0.2) is 25.2 Å². The van der Waals surface area contributed by atoms with Crippen molar-refractivity contribution in [3.05, 3.63) is 82.7 Å². The smallest absolute Gasteiger partial charge is 0.343 e. The van der Waals surface area contributed by atoms with Gasteiger partial charge in [0.15, 0.2) is 0 Å². The molecule has 0 radical (unpaired) electrons. The number of rotatable bonds is 8. The van der Waals surface area contributed by atoms with Gasteiger partial charge in [0.1, 0.15) is 17.1 Å². The minimum absolute atomic E-state index is 0.0105.